The molecule has 98 valence electrons. The van der Waals surface area contributed by atoms with E-state index in [0.717, 1.165) is 0 Å². The summed E-state index contributed by atoms with van der Waals surface area (Å²) in [7, 11) is 1.60. The summed E-state index contributed by atoms with van der Waals surface area (Å²) in [5.74, 6) is -1.20. The lowest BCUT2D eigenvalue weighted by Gasteiger charge is -2.23. The van der Waals surface area contributed by atoms with E-state index in [1.165, 1.54) is 4.90 Å². The molecule has 0 bridgehead atoms. The predicted molar refractivity (Wildman–Crippen MR) is 69.6 cm³/mol. The lowest BCUT2D eigenvalue weighted by Crippen LogP contribution is -2.49. The number of benzene rings is 1. The Balaban J connectivity index is 2.73. The average molecular weight is 250 g/mol. The molecule has 0 aliphatic heterocycles. The van der Waals surface area contributed by atoms with Gasteiger partial charge in [-0.15, -0.1) is 0 Å². The van der Waals surface area contributed by atoms with Crippen LogP contribution < -0.4 is 10.2 Å². The van der Waals surface area contributed by atoms with E-state index >= 15 is 0 Å². The zero-order valence-electron chi connectivity index (χ0n) is 10.8. The van der Waals surface area contributed by atoms with E-state index < -0.39 is 18.0 Å². The molecule has 2 amide bonds. The second kappa shape index (κ2) is 6.05. The van der Waals surface area contributed by atoms with Crippen molar-refractivity contribution in [1.29, 1.82) is 0 Å². The van der Waals surface area contributed by atoms with E-state index in [9.17, 15) is 9.59 Å². The molecule has 0 aliphatic carbocycles. The van der Waals surface area contributed by atoms with Crippen molar-refractivity contribution in [1.82, 2.24) is 5.32 Å². The first-order valence-electron chi connectivity index (χ1n) is 5.75. The number of nitrogens with one attached hydrogen (secondary N) is 1. The monoisotopic (exact) mass is 250 g/mol. The Kier molecular flexibility index (Phi) is 4.71. The highest BCUT2D eigenvalue weighted by atomic mass is 16.4. The number of anilines is 1. The number of aliphatic carboxylic acids is 1. The molecule has 5 nitrogen and oxygen atoms in total. The SMILES string of the molecule is CC(C)[C@@H](NC(=O)N(C)c1ccccc1)C(=O)O. The van der Waals surface area contributed by atoms with Crippen molar-refractivity contribution < 1.29 is 14.7 Å². The van der Waals surface area contributed by atoms with Gasteiger partial charge in [0.1, 0.15) is 6.04 Å². The maximum Gasteiger partial charge on any atom is 0.326 e. The van der Waals surface area contributed by atoms with Crippen molar-refractivity contribution in [2.24, 2.45) is 5.92 Å². The highest BCUT2D eigenvalue weighted by molar-refractivity contribution is 5.94. The van der Waals surface area contributed by atoms with Gasteiger partial charge < -0.3 is 10.4 Å². The van der Waals surface area contributed by atoms with E-state index in [2.05, 4.69) is 5.32 Å². The molecule has 0 aliphatic rings. The van der Waals surface area contributed by atoms with Crippen molar-refractivity contribution >= 4 is 17.7 Å². The third-order valence-electron chi connectivity index (χ3n) is 2.66. The van der Waals surface area contributed by atoms with Gasteiger partial charge in [-0.25, -0.2) is 9.59 Å². The average Bonchev–Trinajstić information content (AvgIpc) is 2.35. The lowest BCUT2D eigenvalue weighted by atomic mass is 10.1. The standard InChI is InChI=1S/C13H18N2O3/c1-9(2)11(12(16)17)14-13(18)15(3)10-7-5-4-6-8-10/h4-9,11H,1-3H3,(H,14,18)(H,16,17)/t11-/m1/s1. The summed E-state index contributed by atoms with van der Waals surface area (Å²) in [6.45, 7) is 3.50. The summed E-state index contributed by atoms with van der Waals surface area (Å²) in [6.07, 6.45) is 0. The Morgan fingerprint density at radius 1 is 1.22 bits per heavy atom. The first-order valence-corrected chi connectivity index (χ1v) is 5.75. The number of amides is 2. The molecule has 2 N–H and O–H groups in total. The minimum absolute atomic E-state index is 0.171. The summed E-state index contributed by atoms with van der Waals surface area (Å²) in [4.78, 5) is 24.3. The van der Waals surface area contributed by atoms with Crippen LogP contribution in [-0.2, 0) is 4.79 Å². The number of hydrogen-bond acceptors (Lipinski definition) is 2. The molecule has 0 fully saturated rings. The number of carboxylic acids is 1. The van der Waals surface area contributed by atoms with Gasteiger partial charge in [-0.3, -0.25) is 4.90 Å². The van der Waals surface area contributed by atoms with Crippen LogP contribution in [0.5, 0.6) is 0 Å². The molecular weight excluding hydrogens is 232 g/mol. The summed E-state index contributed by atoms with van der Waals surface area (Å²) < 4.78 is 0. The van der Waals surface area contributed by atoms with Crippen LogP contribution >= 0.6 is 0 Å². The largest absolute Gasteiger partial charge is 0.480 e. The normalized spacial score (nSPS) is 12.0. The zero-order valence-corrected chi connectivity index (χ0v) is 10.8. The molecule has 0 aromatic heterocycles. The third kappa shape index (κ3) is 3.48. The topological polar surface area (TPSA) is 69.6 Å². The molecule has 1 aromatic carbocycles. The fraction of sp³-hybridized carbons (Fsp3) is 0.385. The molecule has 1 rings (SSSR count). The van der Waals surface area contributed by atoms with Crippen LogP contribution in [0.3, 0.4) is 0 Å². The lowest BCUT2D eigenvalue weighted by molar-refractivity contribution is -0.140. The van der Waals surface area contributed by atoms with Gasteiger partial charge in [0.2, 0.25) is 0 Å². The Morgan fingerprint density at radius 3 is 2.22 bits per heavy atom. The van der Waals surface area contributed by atoms with Crippen LogP contribution in [0.4, 0.5) is 10.5 Å². The number of carbonyl (C=O) groups excluding carboxylic acids is 1. The number of carbonyl (C=O) groups is 2. The first-order chi connectivity index (χ1) is 8.43. The van der Waals surface area contributed by atoms with Crippen LogP contribution in [0.1, 0.15) is 13.8 Å². The molecule has 0 saturated heterocycles. The van der Waals surface area contributed by atoms with Crippen LogP contribution in [-0.4, -0.2) is 30.2 Å². The van der Waals surface area contributed by atoms with Gasteiger partial charge in [-0.1, -0.05) is 32.0 Å². The second-order valence-electron chi connectivity index (χ2n) is 4.40. The minimum Gasteiger partial charge on any atom is -0.480 e. The third-order valence-corrected chi connectivity index (χ3v) is 2.66. The van der Waals surface area contributed by atoms with Gasteiger partial charge in [0.25, 0.3) is 0 Å². The van der Waals surface area contributed by atoms with Gasteiger partial charge in [0.15, 0.2) is 0 Å². The van der Waals surface area contributed by atoms with Crippen LogP contribution in [0.25, 0.3) is 0 Å². The molecule has 1 aromatic rings. The van der Waals surface area contributed by atoms with Gasteiger partial charge in [0.05, 0.1) is 0 Å². The second-order valence-corrected chi connectivity index (χ2v) is 4.40. The molecule has 0 heterocycles. The van der Waals surface area contributed by atoms with Gasteiger partial charge >= 0.3 is 12.0 Å². The Hall–Kier alpha value is -2.04. The highest BCUT2D eigenvalue weighted by Crippen LogP contribution is 2.11. The molecule has 1 atom stereocenters. The van der Waals surface area contributed by atoms with Crippen molar-refractivity contribution in [3.05, 3.63) is 30.3 Å². The van der Waals surface area contributed by atoms with E-state index in [0.29, 0.717) is 5.69 Å². The van der Waals surface area contributed by atoms with Crippen LogP contribution in [0.2, 0.25) is 0 Å². The molecule has 0 radical (unpaired) electrons. The smallest absolute Gasteiger partial charge is 0.326 e. The fourth-order valence-electron chi connectivity index (χ4n) is 1.51. The number of rotatable bonds is 4. The van der Waals surface area contributed by atoms with Crippen molar-refractivity contribution in [3.63, 3.8) is 0 Å². The number of carboxylic acid groups (broad SMARTS) is 1. The molecule has 18 heavy (non-hydrogen) atoms. The highest BCUT2D eigenvalue weighted by Gasteiger charge is 2.25. The predicted octanol–water partition coefficient (Wildman–Crippen LogP) is 1.94. The molecule has 0 unspecified atom stereocenters. The number of urea groups is 1. The first kappa shape index (κ1) is 14.0. The minimum atomic E-state index is -1.03. The Bertz CT molecular complexity index is 418. The van der Waals surface area contributed by atoms with E-state index in [1.54, 1.807) is 33.0 Å². The molecule has 0 spiro atoms. The van der Waals surface area contributed by atoms with E-state index in [4.69, 9.17) is 5.11 Å². The van der Waals surface area contributed by atoms with E-state index in [1.807, 2.05) is 18.2 Å². The summed E-state index contributed by atoms with van der Waals surface area (Å²) in [5, 5.41) is 11.5. The summed E-state index contributed by atoms with van der Waals surface area (Å²) in [6, 6.07) is 7.73. The van der Waals surface area contributed by atoms with Gasteiger partial charge in [0, 0.05) is 12.7 Å². The zero-order chi connectivity index (χ0) is 13.7. The number of para-hydroxylation sites is 1. The molecule has 0 saturated carbocycles. The Labute approximate surface area is 106 Å². The van der Waals surface area contributed by atoms with Crippen LogP contribution in [0, 0.1) is 5.92 Å². The summed E-state index contributed by atoms with van der Waals surface area (Å²) in [5.41, 5.74) is 0.711. The maximum absolute atomic E-state index is 11.9. The van der Waals surface area contributed by atoms with E-state index in [-0.39, 0.29) is 5.92 Å². The quantitative estimate of drug-likeness (QED) is 0.858. The van der Waals surface area contributed by atoms with Gasteiger partial charge in [-0.2, -0.15) is 0 Å². The van der Waals surface area contributed by atoms with Crippen molar-refractivity contribution in [2.75, 3.05) is 11.9 Å². The van der Waals surface area contributed by atoms with Crippen molar-refractivity contribution in [2.45, 2.75) is 19.9 Å². The summed E-state index contributed by atoms with van der Waals surface area (Å²) >= 11 is 0. The molecule has 5 heteroatoms. The van der Waals surface area contributed by atoms with Gasteiger partial charge in [-0.05, 0) is 18.1 Å². The number of hydrogen-bond donors (Lipinski definition) is 2. The fourth-order valence-corrected chi connectivity index (χ4v) is 1.51. The maximum atomic E-state index is 11.9. The Morgan fingerprint density at radius 2 is 1.78 bits per heavy atom. The van der Waals surface area contributed by atoms with Crippen LogP contribution in [0.15, 0.2) is 30.3 Å². The molecular formula is C13H18N2O3. The number of nitrogens with zero attached hydrogens (tertiary/aromatic N) is 1. The van der Waals surface area contributed by atoms with Crippen molar-refractivity contribution in [3.8, 4) is 0 Å².